The van der Waals surface area contributed by atoms with E-state index >= 15 is 0 Å². The summed E-state index contributed by atoms with van der Waals surface area (Å²) in [5.74, 6) is 0.937. The molecule has 1 aliphatic carbocycles. The van der Waals surface area contributed by atoms with Crippen molar-refractivity contribution in [1.82, 2.24) is 0 Å². The SMILES string of the molecule is BC1(c2ccccc2)CCC(C)CC1. The van der Waals surface area contributed by atoms with Crippen molar-refractivity contribution in [3.05, 3.63) is 35.9 Å². The second kappa shape index (κ2) is 3.80. The van der Waals surface area contributed by atoms with Crippen LogP contribution in [0.1, 0.15) is 38.2 Å². The molecule has 1 fully saturated rings. The number of hydrogen-bond acceptors (Lipinski definition) is 0. The minimum atomic E-state index is 0.452. The van der Waals surface area contributed by atoms with Crippen LogP contribution in [-0.2, 0) is 5.31 Å². The van der Waals surface area contributed by atoms with Gasteiger partial charge in [-0.2, -0.15) is 0 Å². The highest BCUT2D eigenvalue weighted by Crippen LogP contribution is 2.38. The fraction of sp³-hybridized carbons (Fsp3) is 0.538. The summed E-state index contributed by atoms with van der Waals surface area (Å²) in [7, 11) is 2.42. The summed E-state index contributed by atoms with van der Waals surface area (Å²) in [4.78, 5) is 0. The zero-order valence-corrected chi connectivity index (χ0v) is 9.29. The Morgan fingerprint density at radius 2 is 1.71 bits per heavy atom. The van der Waals surface area contributed by atoms with E-state index in [2.05, 4.69) is 45.1 Å². The van der Waals surface area contributed by atoms with Crippen molar-refractivity contribution in [1.29, 1.82) is 0 Å². The van der Waals surface area contributed by atoms with Gasteiger partial charge in [0.05, 0.1) is 0 Å². The molecule has 1 aromatic carbocycles. The molecular formula is C13H19B. The Labute approximate surface area is 88.1 Å². The van der Waals surface area contributed by atoms with Crippen LogP contribution in [0.2, 0.25) is 0 Å². The third-order valence-corrected chi connectivity index (χ3v) is 3.85. The Kier molecular flexibility index (Phi) is 2.67. The first kappa shape index (κ1) is 9.83. The Balaban J connectivity index is 2.17. The predicted molar refractivity (Wildman–Crippen MR) is 64.3 cm³/mol. The molecule has 1 heteroatoms. The van der Waals surface area contributed by atoms with E-state index in [1.807, 2.05) is 0 Å². The lowest BCUT2D eigenvalue weighted by molar-refractivity contribution is 0.317. The summed E-state index contributed by atoms with van der Waals surface area (Å²) >= 11 is 0. The van der Waals surface area contributed by atoms with Crippen LogP contribution in [0.15, 0.2) is 30.3 Å². The number of benzene rings is 1. The zero-order valence-electron chi connectivity index (χ0n) is 9.29. The van der Waals surface area contributed by atoms with Crippen molar-refractivity contribution in [3.63, 3.8) is 0 Å². The van der Waals surface area contributed by atoms with Gasteiger partial charge in [0.2, 0.25) is 0 Å². The lowest BCUT2D eigenvalue weighted by atomic mass is 9.55. The second-order valence-corrected chi connectivity index (χ2v) is 5.11. The van der Waals surface area contributed by atoms with E-state index in [1.54, 1.807) is 0 Å². The van der Waals surface area contributed by atoms with Gasteiger partial charge in [-0.15, -0.1) is 0 Å². The van der Waals surface area contributed by atoms with Crippen LogP contribution < -0.4 is 0 Å². The van der Waals surface area contributed by atoms with Gasteiger partial charge in [0, 0.05) is 0 Å². The second-order valence-electron chi connectivity index (χ2n) is 5.11. The lowest BCUT2D eigenvalue weighted by Crippen LogP contribution is -2.31. The molecule has 0 spiro atoms. The topological polar surface area (TPSA) is 0 Å². The van der Waals surface area contributed by atoms with Crippen LogP contribution >= 0.6 is 0 Å². The summed E-state index contributed by atoms with van der Waals surface area (Å²) in [5.41, 5.74) is 1.53. The van der Waals surface area contributed by atoms with Crippen molar-refractivity contribution < 1.29 is 0 Å². The number of hydrogen-bond donors (Lipinski definition) is 0. The third-order valence-electron chi connectivity index (χ3n) is 3.85. The highest BCUT2D eigenvalue weighted by atomic mass is 14.3. The van der Waals surface area contributed by atoms with Crippen LogP contribution in [-0.4, -0.2) is 7.85 Å². The molecule has 1 saturated carbocycles. The zero-order chi connectivity index (χ0) is 10.0. The maximum atomic E-state index is 2.42. The molecule has 14 heavy (non-hydrogen) atoms. The predicted octanol–water partition coefficient (Wildman–Crippen LogP) is 2.73. The molecule has 0 saturated heterocycles. The molecule has 0 N–H and O–H groups in total. The van der Waals surface area contributed by atoms with Gasteiger partial charge in [0.25, 0.3) is 0 Å². The van der Waals surface area contributed by atoms with Crippen molar-refractivity contribution in [2.75, 3.05) is 0 Å². The van der Waals surface area contributed by atoms with Gasteiger partial charge in [-0.25, -0.2) is 0 Å². The Morgan fingerprint density at radius 3 is 2.29 bits per heavy atom. The maximum absolute atomic E-state index is 2.42. The molecule has 74 valence electrons. The van der Waals surface area contributed by atoms with E-state index in [4.69, 9.17) is 0 Å². The molecular weight excluding hydrogens is 167 g/mol. The van der Waals surface area contributed by atoms with Crippen LogP contribution in [0.5, 0.6) is 0 Å². The van der Waals surface area contributed by atoms with Gasteiger partial charge < -0.3 is 0 Å². The van der Waals surface area contributed by atoms with Gasteiger partial charge in [-0.1, -0.05) is 62.9 Å². The Morgan fingerprint density at radius 1 is 1.14 bits per heavy atom. The van der Waals surface area contributed by atoms with Crippen molar-refractivity contribution in [3.8, 4) is 0 Å². The molecule has 0 aromatic heterocycles. The van der Waals surface area contributed by atoms with Crippen molar-refractivity contribution in [2.24, 2.45) is 5.92 Å². The van der Waals surface area contributed by atoms with Crippen LogP contribution in [0.3, 0.4) is 0 Å². The fourth-order valence-electron chi connectivity index (χ4n) is 2.53. The maximum Gasteiger partial charge on any atom is 0.115 e. The van der Waals surface area contributed by atoms with Crippen LogP contribution in [0, 0.1) is 5.92 Å². The van der Waals surface area contributed by atoms with Gasteiger partial charge >= 0.3 is 0 Å². The Hall–Kier alpha value is -0.715. The quantitative estimate of drug-likeness (QED) is 0.591. The van der Waals surface area contributed by atoms with Gasteiger partial charge in [0.1, 0.15) is 7.85 Å². The highest BCUT2D eigenvalue weighted by molar-refractivity contribution is 6.16. The molecule has 0 amide bonds. The molecule has 1 aliphatic rings. The standard InChI is InChI=1S/C13H19B/c1-11-7-9-13(14,10-8-11)12-5-3-2-4-6-12/h2-6,11H,7-10,14H2,1H3. The van der Waals surface area contributed by atoms with Gasteiger partial charge in [-0.3, -0.25) is 0 Å². The average molecular weight is 186 g/mol. The van der Waals surface area contributed by atoms with Crippen LogP contribution in [0.4, 0.5) is 0 Å². The fourth-order valence-corrected chi connectivity index (χ4v) is 2.53. The summed E-state index contributed by atoms with van der Waals surface area (Å²) in [6.45, 7) is 2.38. The van der Waals surface area contributed by atoms with E-state index < -0.39 is 0 Å². The highest BCUT2D eigenvalue weighted by Gasteiger charge is 2.30. The minimum absolute atomic E-state index is 0.452. The van der Waals surface area contributed by atoms with Gasteiger partial charge in [0.15, 0.2) is 0 Å². The summed E-state index contributed by atoms with van der Waals surface area (Å²) < 4.78 is 0. The minimum Gasteiger partial charge on any atom is -0.0625 e. The first-order chi connectivity index (χ1) is 6.71. The van der Waals surface area contributed by atoms with Crippen LogP contribution in [0.25, 0.3) is 0 Å². The number of rotatable bonds is 1. The van der Waals surface area contributed by atoms with Crippen molar-refractivity contribution in [2.45, 2.75) is 37.9 Å². The van der Waals surface area contributed by atoms with Gasteiger partial charge in [-0.05, 0) is 16.8 Å². The molecule has 0 nitrogen and oxygen atoms in total. The Bertz CT molecular complexity index is 283. The molecule has 0 heterocycles. The smallest absolute Gasteiger partial charge is 0.0625 e. The molecule has 0 unspecified atom stereocenters. The monoisotopic (exact) mass is 186 g/mol. The molecule has 0 radical (unpaired) electrons. The molecule has 2 rings (SSSR count). The lowest BCUT2D eigenvalue weighted by Gasteiger charge is -2.37. The third kappa shape index (κ3) is 1.87. The normalized spacial score (nSPS) is 32.8. The van der Waals surface area contributed by atoms with E-state index in [1.165, 1.54) is 31.2 Å². The van der Waals surface area contributed by atoms with E-state index in [9.17, 15) is 0 Å². The first-order valence-corrected chi connectivity index (χ1v) is 5.76. The first-order valence-electron chi connectivity index (χ1n) is 5.76. The molecule has 0 bridgehead atoms. The van der Waals surface area contributed by atoms with E-state index in [0.717, 1.165) is 5.92 Å². The largest absolute Gasteiger partial charge is 0.115 e. The average Bonchev–Trinajstić information content (AvgIpc) is 2.24. The summed E-state index contributed by atoms with van der Waals surface area (Å²) in [5, 5.41) is 0.452. The van der Waals surface area contributed by atoms with E-state index in [0.29, 0.717) is 5.31 Å². The van der Waals surface area contributed by atoms with E-state index in [-0.39, 0.29) is 0 Å². The molecule has 0 aliphatic heterocycles. The molecule has 1 aromatic rings. The van der Waals surface area contributed by atoms with Crippen molar-refractivity contribution >= 4 is 7.85 Å². The summed E-state index contributed by atoms with van der Waals surface area (Å²) in [6.07, 6.45) is 5.51. The molecule has 0 atom stereocenters. The summed E-state index contributed by atoms with van der Waals surface area (Å²) in [6, 6.07) is 11.0.